The second kappa shape index (κ2) is 11.0. The van der Waals surface area contributed by atoms with Crippen molar-refractivity contribution in [1.82, 2.24) is 15.2 Å². The molecule has 1 N–H and O–H groups in total. The lowest BCUT2D eigenvalue weighted by Gasteiger charge is -2.32. The zero-order valence-electron chi connectivity index (χ0n) is 16.9. The molecule has 0 bridgehead atoms. The van der Waals surface area contributed by atoms with Gasteiger partial charge in [0, 0.05) is 37.9 Å². The van der Waals surface area contributed by atoms with E-state index in [-0.39, 0.29) is 18.6 Å². The molecule has 2 aromatic rings. The van der Waals surface area contributed by atoms with Crippen molar-refractivity contribution in [1.29, 1.82) is 5.26 Å². The summed E-state index contributed by atoms with van der Waals surface area (Å²) in [4.78, 5) is 19.1. The van der Waals surface area contributed by atoms with Crippen LogP contribution in [0.15, 0.2) is 41.0 Å². The predicted molar refractivity (Wildman–Crippen MR) is 116 cm³/mol. The number of carbonyl (C=O) groups is 1. The fraction of sp³-hybridized carbons (Fsp3) is 0.409. The van der Waals surface area contributed by atoms with Crippen LogP contribution in [0.5, 0.6) is 11.5 Å². The summed E-state index contributed by atoms with van der Waals surface area (Å²) >= 11 is 3.39. The van der Waals surface area contributed by atoms with Gasteiger partial charge >= 0.3 is 0 Å². The number of ether oxygens (including phenoxy) is 2. The smallest absolute Gasteiger partial charge is 0.258 e. The second-order valence-corrected chi connectivity index (χ2v) is 7.91. The molecule has 1 fully saturated rings. The summed E-state index contributed by atoms with van der Waals surface area (Å²) in [7, 11) is 0. The van der Waals surface area contributed by atoms with E-state index in [1.165, 1.54) is 0 Å². The third-order valence-corrected chi connectivity index (χ3v) is 5.44. The van der Waals surface area contributed by atoms with E-state index in [9.17, 15) is 4.79 Å². The molecule has 0 radical (unpaired) electrons. The number of piperidine rings is 1. The van der Waals surface area contributed by atoms with Crippen LogP contribution in [0.3, 0.4) is 0 Å². The number of amides is 1. The summed E-state index contributed by atoms with van der Waals surface area (Å²) in [6.07, 6.45) is 3.60. The van der Waals surface area contributed by atoms with Crippen LogP contribution in [0.1, 0.15) is 31.0 Å². The largest absolute Gasteiger partial charge is 0.490 e. The molecule has 30 heavy (non-hydrogen) atoms. The molecule has 2 heterocycles. The number of aromatic nitrogens is 1. The quantitative estimate of drug-likeness (QED) is 0.634. The molecule has 1 aromatic heterocycles. The Bertz CT molecular complexity index is 893. The Labute approximate surface area is 185 Å². The zero-order valence-corrected chi connectivity index (χ0v) is 18.5. The maximum atomic E-state index is 12.4. The van der Waals surface area contributed by atoms with Gasteiger partial charge in [-0.2, -0.15) is 5.26 Å². The molecule has 1 saturated heterocycles. The van der Waals surface area contributed by atoms with Gasteiger partial charge in [0.2, 0.25) is 0 Å². The first-order valence-corrected chi connectivity index (χ1v) is 10.8. The molecule has 0 aliphatic carbocycles. The number of carbonyl (C=O) groups excluding carboxylic acids is 1. The number of nitrogens with zero attached hydrogens (tertiary/aromatic N) is 3. The van der Waals surface area contributed by atoms with Gasteiger partial charge in [-0.15, -0.1) is 0 Å². The number of nitriles is 1. The summed E-state index contributed by atoms with van der Waals surface area (Å²) in [5.74, 6) is 0.701. The zero-order chi connectivity index (χ0) is 21.3. The van der Waals surface area contributed by atoms with Crippen molar-refractivity contribution in [3.63, 3.8) is 0 Å². The molecule has 1 amide bonds. The lowest BCUT2D eigenvalue weighted by atomic mass is 10.0. The number of nitrogens with one attached hydrogen (secondary N) is 1. The predicted octanol–water partition coefficient (Wildman–Crippen LogP) is 3.27. The first kappa shape index (κ1) is 22.1. The van der Waals surface area contributed by atoms with Gasteiger partial charge < -0.3 is 14.8 Å². The fourth-order valence-electron chi connectivity index (χ4n) is 3.40. The van der Waals surface area contributed by atoms with Crippen molar-refractivity contribution in [3.05, 3.63) is 52.3 Å². The van der Waals surface area contributed by atoms with Crippen LogP contribution in [0, 0.1) is 11.3 Å². The summed E-state index contributed by atoms with van der Waals surface area (Å²) < 4.78 is 11.9. The third kappa shape index (κ3) is 6.18. The van der Waals surface area contributed by atoms with Crippen molar-refractivity contribution in [2.75, 3.05) is 26.3 Å². The van der Waals surface area contributed by atoms with Gasteiger partial charge in [-0.1, -0.05) is 6.07 Å². The molecule has 8 heteroatoms. The molecule has 0 saturated carbocycles. The average Bonchev–Trinajstić information content (AvgIpc) is 2.75. The van der Waals surface area contributed by atoms with E-state index in [1.807, 2.05) is 31.3 Å². The molecular formula is C22H25BrN4O3. The molecular weight excluding hydrogens is 448 g/mol. The molecule has 0 atom stereocenters. The van der Waals surface area contributed by atoms with Crippen molar-refractivity contribution in [3.8, 4) is 17.6 Å². The van der Waals surface area contributed by atoms with E-state index in [0.29, 0.717) is 28.1 Å². The molecule has 1 aromatic carbocycles. The highest BCUT2D eigenvalue weighted by Gasteiger charge is 2.22. The van der Waals surface area contributed by atoms with Crippen LogP contribution in [0.2, 0.25) is 0 Å². The number of hydrogen-bond donors (Lipinski definition) is 1. The van der Waals surface area contributed by atoms with Crippen LogP contribution in [-0.2, 0) is 11.3 Å². The Morgan fingerprint density at radius 3 is 2.80 bits per heavy atom. The molecule has 7 nitrogen and oxygen atoms in total. The number of halogens is 1. The first-order chi connectivity index (χ1) is 14.6. The first-order valence-electron chi connectivity index (χ1n) is 10.00. The molecule has 3 rings (SSSR count). The molecule has 0 spiro atoms. The van der Waals surface area contributed by atoms with E-state index in [0.717, 1.165) is 38.2 Å². The second-order valence-electron chi connectivity index (χ2n) is 7.06. The Hall–Kier alpha value is -2.63. The highest BCUT2D eigenvalue weighted by Crippen LogP contribution is 2.36. The average molecular weight is 473 g/mol. The third-order valence-electron chi connectivity index (χ3n) is 4.85. The van der Waals surface area contributed by atoms with Gasteiger partial charge in [-0.25, -0.2) is 0 Å². The van der Waals surface area contributed by atoms with E-state index in [4.69, 9.17) is 14.7 Å². The minimum absolute atomic E-state index is 0.112. The molecule has 1 aliphatic heterocycles. The van der Waals surface area contributed by atoms with E-state index in [2.05, 4.69) is 37.2 Å². The van der Waals surface area contributed by atoms with Crippen molar-refractivity contribution in [2.24, 2.45) is 0 Å². The SMILES string of the molecule is CCOc1cc(C#N)cc(Br)c1OCC(=O)NC1CCN(Cc2ccccn2)CC1. The lowest BCUT2D eigenvalue weighted by Crippen LogP contribution is -2.45. The summed E-state index contributed by atoms with van der Waals surface area (Å²) in [6.45, 7) is 4.83. The van der Waals surface area contributed by atoms with Crippen molar-refractivity contribution in [2.45, 2.75) is 32.4 Å². The van der Waals surface area contributed by atoms with Gasteiger partial charge in [0.05, 0.1) is 28.4 Å². The number of pyridine rings is 1. The Balaban J connectivity index is 1.47. The van der Waals surface area contributed by atoms with E-state index < -0.39 is 0 Å². The van der Waals surface area contributed by atoms with Crippen LogP contribution >= 0.6 is 15.9 Å². The Morgan fingerprint density at radius 2 is 2.13 bits per heavy atom. The maximum Gasteiger partial charge on any atom is 0.258 e. The minimum atomic E-state index is -0.170. The van der Waals surface area contributed by atoms with Crippen molar-refractivity contribution < 1.29 is 14.3 Å². The molecule has 158 valence electrons. The fourth-order valence-corrected chi connectivity index (χ4v) is 3.96. The van der Waals surface area contributed by atoms with Crippen LogP contribution in [0.4, 0.5) is 0 Å². The number of hydrogen-bond acceptors (Lipinski definition) is 6. The monoisotopic (exact) mass is 472 g/mol. The van der Waals surface area contributed by atoms with Crippen LogP contribution in [-0.4, -0.2) is 48.1 Å². The topological polar surface area (TPSA) is 87.5 Å². The minimum Gasteiger partial charge on any atom is -0.490 e. The van der Waals surface area contributed by atoms with Crippen LogP contribution in [0.25, 0.3) is 0 Å². The van der Waals surface area contributed by atoms with E-state index in [1.54, 1.807) is 12.1 Å². The summed E-state index contributed by atoms with van der Waals surface area (Å²) in [5.41, 5.74) is 1.52. The molecule has 1 aliphatic rings. The van der Waals surface area contributed by atoms with Gasteiger partial charge in [0.15, 0.2) is 18.1 Å². The summed E-state index contributed by atoms with van der Waals surface area (Å²) in [5, 5.41) is 12.2. The van der Waals surface area contributed by atoms with Gasteiger partial charge in [-0.3, -0.25) is 14.7 Å². The van der Waals surface area contributed by atoms with E-state index >= 15 is 0 Å². The number of benzene rings is 1. The van der Waals surface area contributed by atoms with Gasteiger partial charge in [-0.05, 0) is 53.9 Å². The highest BCUT2D eigenvalue weighted by atomic mass is 79.9. The molecule has 0 unspecified atom stereocenters. The lowest BCUT2D eigenvalue weighted by molar-refractivity contribution is -0.124. The van der Waals surface area contributed by atoms with Gasteiger partial charge in [0.25, 0.3) is 5.91 Å². The van der Waals surface area contributed by atoms with Crippen LogP contribution < -0.4 is 14.8 Å². The standard InChI is InChI=1S/C22H25BrN4O3/c1-2-29-20-12-16(13-24)11-19(23)22(20)30-15-21(28)26-17-6-9-27(10-7-17)14-18-5-3-4-8-25-18/h3-5,8,11-12,17H,2,6-7,9-10,14-15H2,1H3,(H,26,28). The maximum absolute atomic E-state index is 12.4. The Kier molecular flexibility index (Phi) is 8.05. The van der Waals surface area contributed by atoms with Crippen molar-refractivity contribution >= 4 is 21.8 Å². The highest BCUT2D eigenvalue weighted by molar-refractivity contribution is 9.10. The number of rotatable bonds is 8. The number of likely N-dealkylation sites (tertiary alicyclic amines) is 1. The summed E-state index contributed by atoms with van der Waals surface area (Å²) in [6, 6.07) is 11.4. The van der Waals surface area contributed by atoms with Gasteiger partial charge in [0.1, 0.15) is 0 Å². The normalized spacial score (nSPS) is 14.7. The Morgan fingerprint density at radius 1 is 1.33 bits per heavy atom.